The number of anilines is 1. The van der Waals surface area contributed by atoms with Gasteiger partial charge in [-0.05, 0) is 42.5 Å². The lowest BCUT2D eigenvalue weighted by atomic mass is 10.3. The predicted octanol–water partition coefficient (Wildman–Crippen LogP) is 3.15. The summed E-state index contributed by atoms with van der Waals surface area (Å²) in [5.74, 6) is -1.53. The first-order valence-electron chi connectivity index (χ1n) is 8.36. The molecule has 0 saturated carbocycles. The summed E-state index contributed by atoms with van der Waals surface area (Å²) in [5.41, 5.74) is 0.419. The van der Waals surface area contributed by atoms with E-state index < -0.39 is 23.1 Å². The molecule has 1 amide bonds. The molecule has 0 aliphatic carbocycles. The Hall–Kier alpha value is -3.59. The van der Waals surface area contributed by atoms with Crippen molar-refractivity contribution in [3.8, 4) is 5.69 Å². The number of fused-ring (bicyclic) bond motifs is 1. The number of amides is 1. The lowest BCUT2D eigenvalue weighted by Crippen LogP contribution is -2.28. The van der Waals surface area contributed by atoms with E-state index in [9.17, 15) is 18.4 Å². The summed E-state index contributed by atoms with van der Waals surface area (Å²) in [5, 5.41) is 6.94. The minimum atomic E-state index is -0.577. The van der Waals surface area contributed by atoms with Gasteiger partial charge in [0.25, 0.3) is 5.56 Å². The van der Waals surface area contributed by atoms with Crippen molar-refractivity contribution in [2.24, 2.45) is 0 Å². The maximum Gasteiger partial charge on any atom is 0.264 e. The summed E-state index contributed by atoms with van der Waals surface area (Å²) in [7, 11) is 0. The van der Waals surface area contributed by atoms with Crippen molar-refractivity contribution < 1.29 is 13.6 Å². The molecule has 0 atom stereocenters. The van der Waals surface area contributed by atoms with Crippen molar-refractivity contribution in [2.75, 3.05) is 5.32 Å². The van der Waals surface area contributed by atoms with Gasteiger partial charge < -0.3 is 5.32 Å². The van der Waals surface area contributed by atoms with Crippen LogP contribution < -0.4 is 10.9 Å². The van der Waals surface area contributed by atoms with E-state index in [1.54, 1.807) is 0 Å². The minimum absolute atomic E-state index is 0.0999. The second-order valence-electron chi connectivity index (χ2n) is 6.12. The van der Waals surface area contributed by atoms with Crippen molar-refractivity contribution in [1.82, 2.24) is 19.3 Å². The van der Waals surface area contributed by atoms with Crippen LogP contribution in [0, 0.1) is 11.6 Å². The molecule has 0 unspecified atom stereocenters. The van der Waals surface area contributed by atoms with Crippen LogP contribution in [-0.2, 0) is 11.3 Å². The predicted molar refractivity (Wildman–Crippen MR) is 103 cm³/mol. The van der Waals surface area contributed by atoms with E-state index in [0.717, 1.165) is 10.6 Å². The van der Waals surface area contributed by atoms with Gasteiger partial charge in [0.15, 0.2) is 5.65 Å². The molecule has 2 aromatic heterocycles. The number of aromatic nitrogens is 4. The van der Waals surface area contributed by atoms with Crippen LogP contribution >= 0.6 is 11.6 Å². The number of carbonyl (C=O) groups is 1. The van der Waals surface area contributed by atoms with Gasteiger partial charge in [0.05, 0.1) is 22.6 Å². The first-order chi connectivity index (χ1) is 13.9. The van der Waals surface area contributed by atoms with Gasteiger partial charge in [-0.2, -0.15) is 5.10 Å². The molecule has 4 rings (SSSR count). The normalized spacial score (nSPS) is 11.0. The van der Waals surface area contributed by atoms with Crippen molar-refractivity contribution in [1.29, 1.82) is 0 Å². The summed E-state index contributed by atoms with van der Waals surface area (Å²) in [6.07, 6.45) is 2.53. The largest absolute Gasteiger partial charge is 0.323 e. The fourth-order valence-electron chi connectivity index (χ4n) is 2.77. The molecule has 2 aromatic carbocycles. The summed E-state index contributed by atoms with van der Waals surface area (Å²) in [6, 6.07) is 9.11. The summed E-state index contributed by atoms with van der Waals surface area (Å²) in [6.45, 7) is -0.351. The average Bonchev–Trinajstić information content (AvgIpc) is 3.12. The van der Waals surface area contributed by atoms with Crippen LogP contribution in [0.15, 0.2) is 59.8 Å². The smallest absolute Gasteiger partial charge is 0.264 e. The molecule has 10 heteroatoms. The summed E-state index contributed by atoms with van der Waals surface area (Å²) >= 11 is 5.93. The molecule has 1 N–H and O–H groups in total. The van der Waals surface area contributed by atoms with Crippen molar-refractivity contribution in [3.63, 3.8) is 0 Å². The second-order valence-corrected chi connectivity index (χ2v) is 6.53. The molecular weight excluding hydrogens is 404 g/mol. The van der Waals surface area contributed by atoms with Gasteiger partial charge in [0.2, 0.25) is 5.91 Å². The number of carbonyl (C=O) groups excluding carboxylic acids is 1. The number of hydrogen-bond donors (Lipinski definition) is 1. The van der Waals surface area contributed by atoms with Gasteiger partial charge in [-0.15, -0.1) is 0 Å². The first kappa shape index (κ1) is 18.8. The number of hydrogen-bond acceptors (Lipinski definition) is 4. The zero-order valence-electron chi connectivity index (χ0n) is 14.6. The monoisotopic (exact) mass is 415 g/mol. The topological polar surface area (TPSA) is 81.8 Å². The molecule has 0 aliphatic heterocycles. The number of benzene rings is 2. The highest BCUT2D eigenvalue weighted by molar-refractivity contribution is 6.33. The van der Waals surface area contributed by atoms with Gasteiger partial charge in [0.1, 0.15) is 29.9 Å². The minimum Gasteiger partial charge on any atom is -0.323 e. The van der Waals surface area contributed by atoms with Gasteiger partial charge >= 0.3 is 0 Å². The number of nitrogens with zero attached hydrogens (tertiary/aromatic N) is 4. The maximum atomic E-state index is 13.3. The number of rotatable bonds is 4. The first-order valence-corrected chi connectivity index (χ1v) is 8.74. The van der Waals surface area contributed by atoms with Crippen molar-refractivity contribution >= 4 is 34.2 Å². The third kappa shape index (κ3) is 3.72. The molecule has 7 nitrogen and oxygen atoms in total. The molecule has 2 heterocycles. The highest BCUT2D eigenvalue weighted by Gasteiger charge is 2.14. The van der Waals surface area contributed by atoms with E-state index >= 15 is 0 Å². The van der Waals surface area contributed by atoms with E-state index in [-0.39, 0.29) is 28.3 Å². The van der Waals surface area contributed by atoms with Gasteiger partial charge in [-0.3, -0.25) is 14.2 Å². The fraction of sp³-hybridized carbons (Fsp3) is 0.0526. The lowest BCUT2D eigenvalue weighted by Gasteiger charge is -2.09. The third-order valence-electron chi connectivity index (χ3n) is 4.14. The van der Waals surface area contributed by atoms with E-state index in [1.165, 1.54) is 53.6 Å². The zero-order chi connectivity index (χ0) is 20.5. The second kappa shape index (κ2) is 7.44. The Morgan fingerprint density at radius 2 is 1.83 bits per heavy atom. The highest BCUT2D eigenvalue weighted by atomic mass is 35.5. The van der Waals surface area contributed by atoms with Gasteiger partial charge in [-0.25, -0.2) is 18.4 Å². The fourth-order valence-corrected chi connectivity index (χ4v) is 2.94. The van der Waals surface area contributed by atoms with Crippen LogP contribution in [0.1, 0.15) is 0 Å². The van der Waals surface area contributed by atoms with Crippen molar-refractivity contribution in [2.45, 2.75) is 6.54 Å². The SMILES string of the molecule is O=C(Cn1cnc2c(cnn2-c2ccc(F)cc2)c1=O)Nc1cc(F)ccc1Cl. The number of halogens is 3. The molecule has 0 bridgehead atoms. The average molecular weight is 416 g/mol. The molecule has 4 aromatic rings. The van der Waals surface area contributed by atoms with Crippen LogP contribution in [-0.4, -0.2) is 25.2 Å². The maximum absolute atomic E-state index is 13.3. The van der Waals surface area contributed by atoms with Crippen molar-refractivity contribution in [3.05, 3.63) is 82.0 Å². The molecule has 0 radical (unpaired) electrons. The van der Waals surface area contributed by atoms with E-state index in [4.69, 9.17) is 11.6 Å². The zero-order valence-corrected chi connectivity index (χ0v) is 15.4. The summed E-state index contributed by atoms with van der Waals surface area (Å²) in [4.78, 5) is 29.1. The van der Waals surface area contributed by atoms with Crippen LogP contribution in [0.5, 0.6) is 0 Å². The van der Waals surface area contributed by atoms with E-state index in [2.05, 4.69) is 15.4 Å². The third-order valence-corrected chi connectivity index (χ3v) is 4.47. The highest BCUT2D eigenvalue weighted by Crippen LogP contribution is 2.22. The summed E-state index contributed by atoms with van der Waals surface area (Å²) < 4.78 is 28.9. The Morgan fingerprint density at radius 3 is 2.59 bits per heavy atom. The Kier molecular flexibility index (Phi) is 4.81. The van der Waals surface area contributed by atoms with Crippen LogP contribution in [0.25, 0.3) is 16.7 Å². The van der Waals surface area contributed by atoms with Gasteiger partial charge in [0, 0.05) is 0 Å². The Bertz CT molecular complexity index is 1280. The number of nitrogens with one attached hydrogen (secondary N) is 1. The molecule has 0 spiro atoms. The molecule has 146 valence electrons. The van der Waals surface area contributed by atoms with Gasteiger partial charge in [-0.1, -0.05) is 11.6 Å². The Labute approximate surface area is 167 Å². The van der Waals surface area contributed by atoms with Crippen LogP contribution in [0.2, 0.25) is 5.02 Å². The van der Waals surface area contributed by atoms with E-state index in [0.29, 0.717) is 5.69 Å². The molecule has 0 fully saturated rings. The molecule has 29 heavy (non-hydrogen) atoms. The molecule has 0 aliphatic rings. The quantitative estimate of drug-likeness (QED) is 0.555. The molecular formula is C19H12ClF2N5O2. The Morgan fingerprint density at radius 1 is 1.10 bits per heavy atom. The van der Waals surface area contributed by atoms with Crippen LogP contribution in [0.3, 0.4) is 0 Å². The Balaban J connectivity index is 1.61. The van der Waals surface area contributed by atoms with Crippen LogP contribution in [0.4, 0.5) is 14.5 Å². The standard InChI is InChI=1S/C19H12ClF2N5O2/c20-15-6-3-12(22)7-16(15)25-17(28)9-26-10-23-18-14(19(26)29)8-24-27(18)13-4-1-11(21)2-5-13/h1-8,10H,9H2,(H,25,28). The van der Waals surface area contributed by atoms with E-state index in [1.807, 2.05) is 0 Å². The lowest BCUT2D eigenvalue weighted by molar-refractivity contribution is -0.116. The molecule has 0 saturated heterocycles.